The van der Waals surface area contributed by atoms with Crippen LogP contribution in [-0.4, -0.2) is 22.8 Å². The van der Waals surface area contributed by atoms with Gasteiger partial charge in [0, 0.05) is 5.70 Å². The van der Waals surface area contributed by atoms with E-state index in [0.29, 0.717) is 28.7 Å². The van der Waals surface area contributed by atoms with E-state index in [1.165, 1.54) is 0 Å². The van der Waals surface area contributed by atoms with Crippen LogP contribution in [0.3, 0.4) is 0 Å². The van der Waals surface area contributed by atoms with E-state index in [1.807, 2.05) is 19.1 Å². The Morgan fingerprint density at radius 3 is 2.07 bits per heavy atom. The molecule has 3 N–H and O–H groups in total. The molecule has 2 rings (SSSR count). The molecule has 6 heteroatoms. The molecule has 0 saturated heterocycles. The van der Waals surface area contributed by atoms with Gasteiger partial charge in [0.25, 0.3) is 0 Å². The van der Waals surface area contributed by atoms with Gasteiger partial charge in [0.05, 0.1) is 18.2 Å². The summed E-state index contributed by atoms with van der Waals surface area (Å²) in [6.45, 7) is 16.3. The predicted molar refractivity (Wildman–Crippen MR) is 116 cm³/mol. The van der Waals surface area contributed by atoms with Crippen molar-refractivity contribution in [3.05, 3.63) is 40.1 Å². The predicted octanol–water partition coefficient (Wildman–Crippen LogP) is 4.34. The number of phenolic OH excluding ortho intramolecular Hbond substituents is 1. The zero-order valence-corrected chi connectivity index (χ0v) is 18.9. The Balaban J connectivity index is 2.75. The summed E-state index contributed by atoms with van der Waals surface area (Å²) < 4.78 is 5.29. The van der Waals surface area contributed by atoms with Gasteiger partial charge in [-0.05, 0) is 65.7 Å². The van der Waals surface area contributed by atoms with E-state index in [4.69, 9.17) is 17.0 Å². The minimum atomic E-state index is -0.449. The van der Waals surface area contributed by atoms with E-state index in [2.05, 4.69) is 52.2 Å². The maximum absolute atomic E-state index is 12.7. The van der Waals surface area contributed by atoms with Crippen molar-refractivity contribution < 1.29 is 14.6 Å². The van der Waals surface area contributed by atoms with Crippen molar-refractivity contribution >= 4 is 23.3 Å². The standard InChI is InChI=1S/C22H32N2O3S/c1-9-27-19(26)16-12(2)23-20(28)24-17(16)13-10-14(21(3,4)5)18(25)15(11-13)22(6,7)8/h10-11,17,25H,9H2,1-8H3,(H2,23,24,28)/t17-/m0/s1. The maximum Gasteiger partial charge on any atom is 0.338 e. The van der Waals surface area contributed by atoms with Crippen molar-refractivity contribution in [1.29, 1.82) is 0 Å². The lowest BCUT2D eigenvalue weighted by atomic mass is 9.77. The van der Waals surface area contributed by atoms with Crippen LogP contribution in [-0.2, 0) is 20.4 Å². The second-order valence-electron chi connectivity index (χ2n) is 9.26. The number of thiocarbonyl (C=S) groups is 1. The fraction of sp³-hybridized carbons (Fsp3) is 0.545. The fourth-order valence-electron chi connectivity index (χ4n) is 3.39. The summed E-state index contributed by atoms with van der Waals surface area (Å²) in [5, 5.41) is 17.7. The van der Waals surface area contributed by atoms with Crippen molar-refractivity contribution in [2.24, 2.45) is 0 Å². The molecule has 1 aliphatic rings. The maximum atomic E-state index is 12.7. The van der Waals surface area contributed by atoms with Crippen LogP contribution in [0.25, 0.3) is 0 Å². The van der Waals surface area contributed by atoms with Crippen LogP contribution >= 0.6 is 12.2 Å². The van der Waals surface area contributed by atoms with E-state index >= 15 is 0 Å². The summed E-state index contributed by atoms with van der Waals surface area (Å²) in [6, 6.07) is 3.47. The average Bonchev–Trinajstić information content (AvgIpc) is 2.52. The molecule has 0 fully saturated rings. The number of aromatic hydroxyl groups is 1. The number of allylic oxidation sites excluding steroid dienone is 1. The number of hydrogen-bond acceptors (Lipinski definition) is 4. The number of nitrogens with one attached hydrogen (secondary N) is 2. The Kier molecular flexibility index (Phi) is 6.14. The van der Waals surface area contributed by atoms with E-state index in [0.717, 1.165) is 16.7 Å². The van der Waals surface area contributed by atoms with Gasteiger partial charge in [0.15, 0.2) is 5.11 Å². The molecule has 5 nitrogen and oxygen atoms in total. The van der Waals surface area contributed by atoms with Crippen LogP contribution < -0.4 is 10.6 Å². The number of rotatable bonds is 3. The highest BCUT2D eigenvalue weighted by Gasteiger charge is 2.34. The summed E-state index contributed by atoms with van der Waals surface area (Å²) in [4.78, 5) is 12.7. The molecule has 0 unspecified atom stereocenters. The lowest BCUT2D eigenvalue weighted by molar-refractivity contribution is -0.139. The first-order valence-electron chi connectivity index (χ1n) is 9.60. The Morgan fingerprint density at radius 1 is 1.14 bits per heavy atom. The number of ether oxygens (including phenoxy) is 1. The van der Waals surface area contributed by atoms with Gasteiger partial charge in [-0.3, -0.25) is 0 Å². The number of hydrogen-bond donors (Lipinski definition) is 3. The Hall–Kier alpha value is -2.08. The Morgan fingerprint density at radius 2 is 1.64 bits per heavy atom. The third kappa shape index (κ3) is 4.49. The normalized spacial score (nSPS) is 17.9. The minimum absolute atomic E-state index is 0.267. The largest absolute Gasteiger partial charge is 0.507 e. The topological polar surface area (TPSA) is 70.6 Å². The molecule has 0 amide bonds. The van der Waals surface area contributed by atoms with Gasteiger partial charge in [-0.1, -0.05) is 41.5 Å². The lowest BCUT2D eigenvalue weighted by Crippen LogP contribution is -2.45. The fourth-order valence-corrected chi connectivity index (χ4v) is 3.66. The molecule has 0 aliphatic carbocycles. The summed E-state index contributed by atoms with van der Waals surface area (Å²) in [5.41, 5.74) is 3.19. The molecule has 28 heavy (non-hydrogen) atoms. The van der Waals surface area contributed by atoms with Crippen molar-refractivity contribution in [2.75, 3.05) is 6.61 Å². The number of carbonyl (C=O) groups excluding carboxylic acids is 1. The van der Waals surface area contributed by atoms with Gasteiger partial charge in [-0.15, -0.1) is 0 Å². The van der Waals surface area contributed by atoms with Gasteiger partial charge in [-0.25, -0.2) is 4.79 Å². The molecule has 1 aliphatic heterocycles. The lowest BCUT2D eigenvalue weighted by Gasteiger charge is -2.33. The van der Waals surface area contributed by atoms with Crippen LogP contribution in [0.2, 0.25) is 0 Å². The first kappa shape index (κ1) is 22.2. The monoisotopic (exact) mass is 404 g/mol. The third-order valence-corrected chi connectivity index (χ3v) is 5.07. The van der Waals surface area contributed by atoms with Gasteiger partial charge >= 0.3 is 5.97 Å². The second kappa shape index (κ2) is 7.74. The summed E-state index contributed by atoms with van der Waals surface area (Å²) >= 11 is 5.34. The average molecular weight is 405 g/mol. The second-order valence-corrected chi connectivity index (χ2v) is 9.66. The summed E-state index contributed by atoms with van der Waals surface area (Å²) in [5.74, 6) is -0.0751. The highest BCUT2D eigenvalue weighted by molar-refractivity contribution is 7.80. The van der Waals surface area contributed by atoms with Crippen molar-refractivity contribution in [3.63, 3.8) is 0 Å². The molecule has 1 aromatic rings. The molecule has 0 spiro atoms. The van der Waals surface area contributed by atoms with Crippen LogP contribution in [0.5, 0.6) is 5.75 Å². The molecule has 1 aromatic carbocycles. The zero-order chi connectivity index (χ0) is 21.4. The number of benzene rings is 1. The molecular weight excluding hydrogens is 372 g/mol. The molecule has 0 aromatic heterocycles. The highest BCUT2D eigenvalue weighted by Crippen LogP contribution is 2.42. The van der Waals surface area contributed by atoms with Gasteiger partial charge in [0.2, 0.25) is 0 Å². The molecular formula is C22H32N2O3S. The summed E-state index contributed by atoms with van der Waals surface area (Å²) in [7, 11) is 0. The van der Waals surface area contributed by atoms with E-state index in [9.17, 15) is 9.90 Å². The zero-order valence-electron chi connectivity index (χ0n) is 18.1. The van der Waals surface area contributed by atoms with Crippen LogP contribution in [0, 0.1) is 0 Å². The SMILES string of the molecule is CCOC(=O)C1=C(C)NC(=S)N[C@H]1c1cc(C(C)(C)C)c(O)c(C(C)(C)C)c1. The molecule has 0 bridgehead atoms. The minimum Gasteiger partial charge on any atom is -0.507 e. The highest BCUT2D eigenvalue weighted by atomic mass is 32.1. The van der Waals surface area contributed by atoms with Gasteiger partial charge in [0.1, 0.15) is 5.75 Å². The van der Waals surface area contributed by atoms with Crippen molar-refractivity contribution in [3.8, 4) is 5.75 Å². The number of esters is 1. The van der Waals surface area contributed by atoms with Gasteiger partial charge < -0.3 is 20.5 Å². The number of carbonyl (C=O) groups is 1. The van der Waals surface area contributed by atoms with E-state index in [1.54, 1.807) is 6.92 Å². The van der Waals surface area contributed by atoms with Gasteiger partial charge in [-0.2, -0.15) is 0 Å². The molecule has 1 heterocycles. The van der Waals surface area contributed by atoms with E-state index < -0.39 is 6.04 Å². The Labute approximate surface area is 173 Å². The van der Waals surface area contributed by atoms with Crippen LogP contribution in [0.4, 0.5) is 0 Å². The van der Waals surface area contributed by atoms with Crippen molar-refractivity contribution in [2.45, 2.75) is 72.3 Å². The van der Waals surface area contributed by atoms with E-state index in [-0.39, 0.29) is 16.8 Å². The molecule has 154 valence electrons. The number of phenols is 1. The molecule has 1 atom stereocenters. The molecule has 0 radical (unpaired) electrons. The first-order valence-corrected chi connectivity index (χ1v) is 10.0. The smallest absolute Gasteiger partial charge is 0.338 e. The quantitative estimate of drug-likeness (QED) is 0.514. The van der Waals surface area contributed by atoms with Crippen LogP contribution in [0.15, 0.2) is 23.4 Å². The summed E-state index contributed by atoms with van der Waals surface area (Å²) in [6.07, 6.45) is 0. The first-order chi connectivity index (χ1) is 12.8. The van der Waals surface area contributed by atoms with Crippen molar-refractivity contribution in [1.82, 2.24) is 10.6 Å². The molecule has 0 saturated carbocycles. The third-order valence-electron chi connectivity index (χ3n) is 4.85. The van der Waals surface area contributed by atoms with Crippen LogP contribution in [0.1, 0.15) is 78.1 Å². The Bertz CT molecular complexity index is 794.